The molecular formula is C14H21N3. The summed E-state index contributed by atoms with van der Waals surface area (Å²) in [6, 6.07) is 8.63. The lowest BCUT2D eigenvalue weighted by Gasteiger charge is -2.33. The normalized spacial score (nSPS) is 21.4. The third-order valence-electron chi connectivity index (χ3n) is 3.62. The Kier molecular flexibility index (Phi) is 3.79. The van der Waals surface area contributed by atoms with Crippen molar-refractivity contribution < 1.29 is 0 Å². The first-order chi connectivity index (χ1) is 8.18. The number of rotatable bonds is 3. The van der Waals surface area contributed by atoms with E-state index in [1.165, 1.54) is 24.8 Å². The summed E-state index contributed by atoms with van der Waals surface area (Å²) in [5, 5.41) is 7.60. The fraction of sp³-hybridized carbons (Fsp3) is 0.500. The number of nitrogens with two attached hydrogens (primary N) is 1. The smallest absolute Gasteiger partial charge is 0.123 e. The summed E-state index contributed by atoms with van der Waals surface area (Å²) in [6.07, 6.45) is 3.90. The third-order valence-corrected chi connectivity index (χ3v) is 3.62. The van der Waals surface area contributed by atoms with Gasteiger partial charge in [0.2, 0.25) is 0 Å². The molecular weight excluding hydrogens is 210 g/mol. The van der Waals surface area contributed by atoms with E-state index < -0.39 is 0 Å². The summed E-state index contributed by atoms with van der Waals surface area (Å²) in [4.78, 5) is 2.49. The minimum atomic E-state index is 0.172. The quantitative estimate of drug-likeness (QED) is 0.619. The van der Waals surface area contributed by atoms with Crippen LogP contribution in [-0.4, -0.2) is 23.3 Å². The van der Waals surface area contributed by atoms with Crippen LogP contribution in [0.15, 0.2) is 24.3 Å². The second-order valence-electron chi connectivity index (χ2n) is 4.89. The SMILES string of the molecule is CC1CCCCN1Cc1ccccc1C(=N)N. The molecule has 3 N–H and O–H groups in total. The maximum atomic E-state index is 7.60. The van der Waals surface area contributed by atoms with Crippen LogP contribution in [-0.2, 0) is 6.54 Å². The lowest BCUT2D eigenvalue weighted by Crippen LogP contribution is -2.37. The molecule has 1 aromatic carbocycles. The van der Waals surface area contributed by atoms with Crippen molar-refractivity contribution >= 4 is 5.84 Å². The van der Waals surface area contributed by atoms with Gasteiger partial charge >= 0.3 is 0 Å². The molecule has 1 aliphatic heterocycles. The second-order valence-corrected chi connectivity index (χ2v) is 4.89. The Bertz CT molecular complexity index is 400. The van der Waals surface area contributed by atoms with Crippen LogP contribution in [0.1, 0.15) is 37.3 Å². The van der Waals surface area contributed by atoms with Crippen molar-refractivity contribution in [1.29, 1.82) is 5.41 Å². The van der Waals surface area contributed by atoms with E-state index in [1.807, 2.05) is 18.2 Å². The van der Waals surface area contributed by atoms with Crippen LogP contribution < -0.4 is 5.73 Å². The van der Waals surface area contributed by atoms with Gasteiger partial charge < -0.3 is 5.73 Å². The number of hydrogen-bond acceptors (Lipinski definition) is 2. The van der Waals surface area contributed by atoms with Gasteiger partial charge in [-0.3, -0.25) is 10.3 Å². The Balaban J connectivity index is 2.14. The molecule has 17 heavy (non-hydrogen) atoms. The molecule has 92 valence electrons. The first kappa shape index (κ1) is 12.1. The van der Waals surface area contributed by atoms with Crippen LogP contribution in [0.3, 0.4) is 0 Å². The molecule has 1 aromatic rings. The molecule has 3 nitrogen and oxygen atoms in total. The molecule has 0 spiro atoms. The van der Waals surface area contributed by atoms with Crippen LogP contribution in [0.2, 0.25) is 0 Å². The number of nitrogen functional groups attached to an aromatic ring is 1. The van der Waals surface area contributed by atoms with Crippen molar-refractivity contribution in [3.63, 3.8) is 0 Å². The number of amidine groups is 1. The number of piperidine rings is 1. The van der Waals surface area contributed by atoms with Crippen molar-refractivity contribution in [2.75, 3.05) is 6.54 Å². The molecule has 1 saturated heterocycles. The standard InChI is InChI=1S/C14H21N3/c1-11-6-4-5-9-17(11)10-12-7-2-3-8-13(12)14(15)16/h2-3,7-8,11H,4-6,9-10H2,1H3,(H3,15,16). The maximum Gasteiger partial charge on any atom is 0.123 e. The predicted molar refractivity (Wildman–Crippen MR) is 71.2 cm³/mol. The van der Waals surface area contributed by atoms with Gasteiger partial charge in [0.1, 0.15) is 5.84 Å². The molecule has 0 aliphatic carbocycles. The van der Waals surface area contributed by atoms with Crippen LogP contribution in [0.25, 0.3) is 0 Å². The Morgan fingerprint density at radius 3 is 2.88 bits per heavy atom. The van der Waals surface area contributed by atoms with Gasteiger partial charge in [-0.1, -0.05) is 30.7 Å². The van der Waals surface area contributed by atoms with Crippen LogP contribution in [0.5, 0.6) is 0 Å². The lowest BCUT2D eigenvalue weighted by atomic mass is 10.0. The molecule has 1 fully saturated rings. The summed E-state index contributed by atoms with van der Waals surface area (Å²) < 4.78 is 0. The maximum absolute atomic E-state index is 7.60. The van der Waals surface area contributed by atoms with Crippen LogP contribution in [0, 0.1) is 5.41 Å². The first-order valence-electron chi connectivity index (χ1n) is 6.35. The van der Waals surface area contributed by atoms with E-state index in [4.69, 9.17) is 11.1 Å². The van der Waals surface area contributed by atoms with Gasteiger partial charge in [-0.15, -0.1) is 0 Å². The van der Waals surface area contributed by atoms with E-state index in [2.05, 4.69) is 17.9 Å². The van der Waals surface area contributed by atoms with Gasteiger partial charge in [-0.2, -0.15) is 0 Å². The van der Waals surface area contributed by atoms with Crippen LogP contribution in [0.4, 0.5) is 0 Å². The molecule has 0 saturated carbocycles. The fourth-order valence-corrected chi connectivity index (χ4v) is 2.53. The lowest BCUT2D eigenvalue weighted by molar-refractivity contribution is 0.152. The largest absolute Gasteiger partial charge is 0.384 e. The molecule has 0 radical (unpaired) electrons. The Morgan fingerprint density at radius 2 is 2.18 bits per heavy atom. The third kappa shape index (κ3) is 2.86. The number of nitrogens with zero attached hydrogens (tertiary/aromatic N) is 1. The average Bonchev–Trinajstić information content (AvgIpc) is 2.32. The zero-order valence-electron chi connectivity index (χ0n) is 10.4. The van der Waals surface area contributed by atoms with E-state index in [0.29, 0.717) is 6.04 Å². The van der Waals surface area contributed by atoms with Gasteiger partial charge in [0.15, 0.2) is 0 Å². The Labute approximate surface area is 103 Å². The zero-order valence-corrected chi connectivity index (χ0v) is 10.4. The van der Waals surface area contributed by atoms with E-state index in [9.17, 15) is 0 Å². The highest BCUT2D eigenvalue weighted by Crippen LogP contribution is 2.20. The van der Waals surface area contributed by atoms with Crippen molar-refractivity contribution in [3.05, 3.63) is 35.4 Å². The highest BCUT2D eigenvalue weighted by atomic mass is 15.2. The molecule has 1 unspecified atom stereocenters. The first-order valence-corrected chi connectivity index (χ1v) is 6.35. The summed E-state index contributed by atoms with van der Waals surface area (Å²) in [7, 11) is 0. The molecule has 1 atom stereocenters. The number of nitrogens with one attached hydrogen (secondary N) is 1. The molecule has 0 aromatic heterocycles. The summed E-state index contributed by atoms with van der Waals surface area (Å²) in [5.74, 6) is 0.172. The Morgan fingerprint density at radius 1 is 1.41 bits per heavy atom. The zero-order chi connectivity index (χ0) is 12.3. The number of hydrogen-bond donors (Lipinski definition) is 2. The van der Waals surface area contributed by atoms with Gasteiger partial charge in [0, 0.05) is 18.2 Å². The van der Waals surface area contributed by atoms with Gasteiger partial charge in [0.05, 0.1) is 0 Å². The minimum Gasteiger partial charge on any atom is -0.384 e. The average molecular weight is 231 g/mol. The van der Waals surface area contributed by atoms with Crippen molar-refractivity contribution in [1.82, 2.24) is 4.90 Å². The molecule has 2 rings (SSSR count). The van der Waals surface area contributed by atoms with Gasteiger partial charge in [-0.05, 0) is 31.9 Å². The minimum absolute atomic E-state index is 0.172. The van der Waals surface area contributed by atoms with Crippen LogP contribution >= 0.6 is 0 Å². The van der Waals surface area contributed by atoms with E-state index in [-0.39, 0.29) is 5.84 Å². The van der Waals surface area contributed by atoms with Gasteiger partial charge in [-0.25, -0.2) is 0 Å². The highest BCUT2D eigenvalue weighted by molar-refractivity contribution is 5.96. The summed E-state index contributed by atoms with van der Waals surface area (Å²) >= 11 is 0. The van der Waals surface area contributed by atoms with E-state index in [0.717, 1.165) is 18.7 Å². The van der Waals surface area contributed by atoms with Crippen molar-refractivity contribution in [3.8, 4) is 0 Å². The monoisotopic (exact) mass is 231 g/mol. The second kappa shape index (κ2) is 5.32. The predicted octanol–water partition coefficient (Wildman–Crippen LogP) is 2.35. The topological polar surface area (TPSA) is 53.1 Å². The fourth-order valence-electron chi connectivity index (χ4n) is 2.53. The van der Waals surface area contributed by atoms with E-state index in [1.54, 1.807) is 0 Å². The molecule has 1 aliphatic rings. The summed E-state index contributed by atoms with van der Waals surface area (Å²) in [6.45, 7) is 4.36. The summed E-state index contributed by atoms with van der Waals surface area (Å²) in [5.41, 5.74) is 7.67. The van der Waals surface area contributed by atoms with Gasteiger partial charge in [0.25, 0.3) is 0 Å². The van der Waals surface area contributed by atoms with Crippen molar-refractivity contribution in [2.24, 2.45) is 5.73 Å². The highest BCUT2D eigenvalue weighted by Gasteiger charge is 2.19. The molecule has 1 heterocycles. The molecule has 3 heteroatoms. The molecule has 0 bridgehead atoms. The Hall–Kier alpha value is -1.35. The van der Waals surface area contributed by atoms with E-state index >= 15 is 0 Å². The van der Waals surface area contributed by atoms with Crippen molar-refractivity contribution in [2.45, 2.75) is 38.8 Å². The number of benzene rings is 1. The molecule has 0 amide bonds. The number of likely N-dealkylation sites (tertiary alicyclic amines) is 1.